The molecule has 3 aromatic heterocycles. The number of nitriles is 4. The first-order chi connectivity index (χ1) is 24.0. The van der Waals surface area contributed by atoms with Crippen molar-refractivity contribution >= 4 is 68.0 Å². The highest BCUT2D eigenvalue weighted by molar-refractivity contribution is 7.19. The maximum absolute atomic E-state index is 9.29. The first kappa shape index (κ1) is 32.3. The molecule has 0 aliphatic carbocycles. The lowest BCUT2D eigenvalue weighted by atomic mass is 10.1. The second kappa shape index (κ2) is 14.4. The van der Waals surface area contributed by atoms with Gasteiger partial charge in [-0.15, -0.1) is 34.0 Å². The fourth-order valence-corrected chi connectivity index (χ4v) is 8.58. The van der Waals surface area contributed by atoms with Crippen LogP contribution in [0.25, 0.3) is 43.2 Å². The van der Waals surface area contributed by atoms with Gasteiger partial charge in [-0.25, -0.2) is 0 Å². The second-order valence-electron chi connectivity index (χ2n) is 10.4. The minimum Gasteiger partial charge on any atom is -0.258 e. The van der Waals surface area contributed by atoms with Crippen molar-refractivity contribution < 1.29 is 0 Å². The van der Waals surface area contributed by atoms with E-state index in [1.54, 1.807) is 46.1 Å². The molecular weight excluding hydrogens is 661 g/mol. The maximum Gasteiger partial charge on any atom is 0.136 e. The predicted molar refractivity (Wildman–Crippen MR) is 197 cm³/mol. The predicted octanol–water partition coefficient (Wildman–Crippen LogP) is 8.25. The lowest BCUT2D eigenvalue weighted by molar-refractivity contribution is 1.47. The van der Waals surface area contributed by atoms with Gasteiger partial charge in [0.05, 0.1) is 0 Å². The molecule has 6 nitrogen and oxygen atoms in total. The molecule has 0 spiro atoms. The van der Waals surface area contributed by atoms with E-state index in [2.05, 4.69) is 48.1 Å². The highest BCUT2D eigenvalue weighted by Gasteiger charge is 2.15. The van der Waals surface area contributed by atoms with Crippen LogP contribution >= 0.6 is 34.0 Å². The van der Waals surface area contributed by atoms with Crippen LogP contribution in [0.3, 0.4) is 0 Å². The highest BCUT2D eigenvalue weighted by atomic mass is 32.1. The summed E-state index contributed by atoms with van der Waals surface area (Å²) in [5, 5.41) is 53.4. The van der Waals surface area contributed by atoms with E-state index in [4.69, 9.17) is 10.8 Å². The lowest BCUT2D eigenvalue weighted by Gasteiger charge is -2.03. The Morgan fingerprint density at radius 3 is 1.41 bits per heavy atom. The summed E-state index contributed by atoms with van der Waals surface area (Å²) in [4.78, 5) is 4.29. The second-order valence-corrected chi connectivity index (χ2v) is 13.7. The topological polar surface area (TPSA) is 143 Å². The molecule has 0 unspecified atom stereocenters. The van der Waals surface area contributed by atoms with Gasteiger partial charge in [-0.1, -0.05) is 72.8 Å². The lowest BCUT2D eigenvalue weighted by Crippen LogP contribution is -2.02. The molecule has 0 atom stereocenters. The Kier molecular flexibility index (Phi) is 9.51. The van der Waals surface area contributed by atoms with Gasteiger partial charge >= 0.3 is 0 Å². The van der Waals surface area contributed by atoms with Crippen molar-refractivity contribution in [1.29, 1.82) is 31.9 Å². The standard InChI is InChI=1S/C40H20N6S3/c41-19-31(20-42)25-1-7-28(8-2-25)34-13-16-37(47-34)40(38-17-14-35(48-38)29-9-3-26(4-10-29)32(21-43)22-44)39-18-15-36(49-39)30-11-5-27(6-12-30)33(23-45)24-46/h1-18,41,43H. The summed E-state index contributed by atoms with van der Waals surface area (Å²) >= 11 is 5.00. The summed E-state index contributed by atoms with van der Waals surface area (Å²) in [5.74, 6) is 4.38. The first-order valence-corrected chi connectivity index (χ1v) is 17.0. The zero-order valence-corrected chi connectivity index (χ0v) is 27.9. The smallest absolute Gasteiger partial charge is 0.136 e. The normalized spacial score (nSPS) is 9.96. The van der Waals surface area contributed by atoms with Gasteiger partial charge in [0, 0.05) is 50.5 Å². The van der Waals surface area contributed by atoms with E-state index in [-0.39, 0.29) is 16.7 Å². The molecule has 228 valence electrons. The Morgan fingerprint density at radius 1 is 0.490 bits per heavy atom. The fourth-order valence-electron chi connectivity index (χ4n) is 5.13. The average molecular weight is 681 g/mol. The fraction of sp³-hybridized carbons (Fsp3) is 0. The number of nitrogens with zero attached hydrogens (tertiary/aromatic N) is 4. The minimum absolute atomic E-state index is 0.0775. The molecule has 0 saturated heterocycles. The minimum atomic E-state index is 0.0775. The summed E-state index contributed by atoms with van der Waals surface area (Å²) in [7, 11) is 0. The molecule has 6 aromatic rings. The zero-order valence-electron chi connectivity index (χ0n) is 25.4. The first-order valence-electron chi connectivity index (χ1n) is 14.6. The van der Waals surface area contributed by atoms with Crippen molar-refractivity contribution in [2.75, 3.05) is 0 Å². The quantitative estimate of drug-likeness (QED) is 0.135. The molecule has 6 rings (SSSR count). The van der Waals surface area contributed by atoms with Gasteiger partial charge < -0.3 is 0 Å². The number of allylic oxidation sites excluding steroid dienone is 2. The molecule has 0 bridgehead atoms. The Labute approximate surface area is 293 Å². The van der Waals surface area contributed by atoms with Gasteiger partial charge in [0.2, 0.25) is 0 Å². The van der Waals surface area contributed by atoms with Crippen molar-refractivity contribution in [2.45, 2.75) is 0 Å². The average Bonchev–Trinajstić information content (AvgIpc) is 3.94. The summed E-state index contributed by atoms with van der Waals surface area (Å²) in [5.41, 5.74) is 4.84. The molecule has 0 saturated carbocycles. The van der Waals surface area contributed by atoms with Crippen LogP contribution in [0, 0.1) is 65.9 Å². The number of rotatable bonds is 6. The van der Waals surface area contributed by atoms with Crippen molar-refractivity contribution in [1.82, 2.24) is 0 Å². The third-order valence-electron chi connectivity index (χ3n) is 7.63. The van der Waals surface area contributed by atoms with Crippen molar-refractivity contribution in [3.63, 3.8) is 0 Å². The molecule has 2 N–H and O–H groups in total. The van der Waals surface area contributed by atoms with Crippen LogP contribution in [0.4, 0.5) is 0 Å². The van der Waals surface area contributed by atoms with Crippen LogP contribution in [0.1, 0.15) is 20.9 Å². The molecule has 3 heterocycles. The third-order valence-corrected chi connectivity index (χ3v) is 11.1. The van der Waals surface area contributed by atoms with E-state index in [0.29, 0.717) is 16.3 Å². The van der Waals surface area contributed by atoms with Gasteiger partial charge in [-0.3, -0.25) is 10.8 Å². The van der Waals surface area contributed by atoms with Crippen molar-refractivity contribution in [3.05, 3.63) is 150 Å². The zero-order chi connectivity index (χ0) is 34.3. The Hall–Kier alpha value is -6.64. The van der Waals surface area contributed by atoms with Crippen LogP contribution < -0.4 is 9.75 Å². The molecule has 0 amide bonds. The molecule has 0 aliphatic heterocycles. The Morgan fingerprint density at radius 2 is 0.980 bits per heavy atom. The van der Waals surface area contributed by atoms with Gasteiger partial charge in [-0.05, 0) is 64.5 Å². The van der Waals surface area contributed by atoms with Crippen LogP contribution in [0.15, 0.2) is 109 Å². The molecular formula is C40H20N6S3. The van der Waals surface area contributed by atoms with Gasteiger partial charge in [-0.2, -0.15) is 21.0 Å². The van der Waals surface area contributed by atoms with Crippen molar-refractivity contribution in [2.24, 2.45) is 0 Å². The summed E-state index contributed by atoms with van der Waals surface area (Å²) in [6.07, 6.45) is 0. The number of nitrogens with one attached hydrogen (secondary N) is 2. The van der Waals surface area contributed by atoms with E-state index in [1.807, 2.05) is 84.9 Å². The number of thiophene rings is 3. The number of benzene rings is 3. The largest absolute Gasteiger partial charge is 0.258 e. The number of hydrogen-bond acceptors (Lipinski definition) is 9. The van der Waals surface area contributed by atoms with Crippen LogP contribution in [-0.4, -0.2) is 11.7 Å². The van der Waals surface area contributed by atoms with E-state index in [0.717, 1.165) is 50.5 Å². The van der Waals surface area contributed by atoms with Crippen LogP contribution in [0.5, 0.6) is 0 Å². The molecule has 0 fully saturated rings. The summed E-state index contributed by atoms with van der Waals surface area (Å²) < 4.78 is 2.13. The molecule has 0 aliphatic rings. The van der Waals surface area contributed by atoms with E-state index < -0.39 is 0 Å². The molecule has 3 aromatic carbocycles. The van der Waals surface area contributed by atoms with Gasteiger partial charge in [0.1, 0.15) is 41.0 Å². The SMILES string of the molecule is N#CC(=C=N)c1ccc(-c2ccc(C(c3ccc(-c4ccc(C(=C=N)C#N)cc4)s3)=c3ccc(=c4ccc(=C(C#N)C#N)cc4)s3)s2)cc1. The Balaban J connectivity index is 1.48. The monoisotopic (exact) mass is 680 g/mol. The van der Waals surface area contributed by atoms with E-state index >= 15 is 0 Å². The molecule has 9 heteroatoms. The molecule has 0 radical (unpaired) electrons. The van der Waals surface area contributed by atoms with Crippen LogP contribution in [-0.2, 0) is 0 Å². The van der Waals surface area contributed by atoms with E-state index in [1.165, 1.54) is 0 Å². The summed E-state index contributed by atoms with van der Waals surface area (Å²) in [6, 6.07) is 43.1. The third kappa shape index (κ3) is 6.62. The molecule has 49 heavy (non-hydrogen) atoms. The van der Waals surface area contributed by atoms with Crippen molar-refractivity contribution in [3.8, 4) is 45.2 Å². The van der Waals surface area contributed by atoms with Crippen LogP contribution in [0.2, 0.25) is 0 Å². The van der Waals surface area contributed by atoms with Gasteiger partial charge in [0.25, 0.3) is 0 Å². The highest BCUT2D eigenvalue weighted by Crippen LogP contribution is 2.39. The van der Waals surface area contributed by atoms with E-state index in [9.17, 15) is 21.0 Å². The Bertz CT molecular complexity index is 2600. The summed E-state index contributed by atoms with van der Waals surface area (Å²) in [6.45, 7) is 0. The van der Waals surface area contributed by atoms with Gasteiger partial charge in [0.15, 0.2) is 0 Å². The maximum atomic E-state index is 9.29. The number of hydrogen-bond donors (Lipinski definition) is 2.